The van der Waals surface area contributed by atoms with Gasteiger partial charge >= 0.3 is 0 Å². The Balaban J connectivity index is 2.16. The molecule has 62 valence electrons. The quantitative estimate of drug-likeness (QED) is 0.579. The van der Waals surface area contributed by atoms with Crippen molar-refractivity contribution in [2.45, 2.75) is 12.2 Å². The first-order valence-corrected chi connectivity index (χ1v) is 4.27. The topological polar surface area (TPSA) is 18.5 Å². The van der Waals surface area contributed by atoms with E-state index in [-0.39, 0.29) is 12.2 Å². The first kappa shape index (κ1) is 6.63. The Bertz CT molecular complexity index is 279. The Morgan fingerprint density at radius 1 is 1.00 bits per heavy atom. The third kappa shape index (κ3) is 0.765. The van der Waals surface area contributed by atoms with Crippen LogP contribution < -0.4 is 0 Å². The number of benzene rings is 1. The van der Waals surface area contributed by atoms with Crippen molar-refractivity contribution in [2.24, 2.45) is 0 Å². The molecule has 0 aliphatic carbocycles. The van der Waals surface area contributed by atoms with Gasteiger partial charge in [0.05, 0.1) is 13.2 Å². The van der Waals surface area contributed by atoms with Gasteiger partial charge in [-0.2, -0.15) is 0 Å². The highest BCUT2D eigenvalue weighted by Gasteiger charge is 2.35. The van der Waals surface area contributed by atoms with Gasteiger partial charge in [-0.15, -0.1) is 0 Å². The minimum atomic E-state index is 0.194. The second-order valence-electron chi connectivity index (χ2n) is 3.28. The van der Waals surface area contributed by atoms with Crippen molar-refractivity contribution in [3.05, 3.63) is 35.4 Å². The molecule has 0 N–H and O–H groups in total. The second kappa shape index (κ2) is 2.31. The van der Waals surface area contributed by atoms with Crippen LogP contribution >= 0.6 is 0 Å². The molecule has 3 rings (SSSR count). The largest absolute Gasteiger partial charge is 0.375 e. The zero-order chi connectivity index (χ0) is 7.97. The lowest BCUT2D eigenvalue weighted by Gasteiger charge is -2.20. The lowest BCUT2D eigenvalue weighted by atomic mass is 10.0. The van der Waals surface area contributed by atoms with E-state index in [2.05, 4.69) is 24.3 Å². The maximum atomic E-state index is 5.74. The molecule has 0 radical (unpaired) electrons. The number of rotatable bonds is 0. The number of fused-ring (bicyclic) bond motifs is 5. The van der Waals surface area contributed by atoms with E-state index in [1.807, 2.05) is 0 Å². The predicted octanol–water partition coefficient (Wildman–Crippen LogP) is 1.83. The molecule has 2 heterocycles. The predicted molar refractivity (Wildman–Crippen MR) is 43.8 cm³/mol. The number of hydrogen-bond acceptors (Lipinski definition) is 2. The van der Waals surface area contributed by atoms with Crippen LogP contribution in [0.15, 0.2) is 24.3 Å². The Hall–Kier alpha value is -0.860. The Morgan fingerprint density at radius 2 is 1.58 bits per heavy atom. The van der Waals surface area contributed by atoms with E-state index in [0.717, 1.165) is 0 Å². The van der Waals surface area contributed by atoms with Crippen LogP contribution in [-0.4, -0.2) is 13.2 Å². The Morgan fingerprint density at radius 3 is 2.17 bits per heavy atom. The van der Waals surface area contributed by atoms with Gasteiger partial charge in [0.15, 0.2) is 0 Å². The summed E-state index contributed by atoms with van der Waals surface area (Å²) in [6.07, 6.45) is 0.389. The highest BCUT2D eigenvalue weighted by Crippen LogP contribution is 2.41. The zero-order valence-corrected chi connectivity index (χ0v) is 6.69. The minimum Gasteiger partial charge on any atom is -0.375 e. The summed E-state index contributed by atoms with van der Waals surface area (Å²) in [5.41, 5.74) is 2.64. The second-order valence-corrected chi connectivity index (χ2v) is 3.28. The summed E-state index contributed by atoms with van der Waals surface area (Å²) in [6.45, 7) is 1.43. The van der Waals surface area contributed by atoms with Gasteiger partial charge in [0.25, 0.3) is 0 Å². The van der Waals surface area contributed by atoms with Gasteiger partial charge < -0.3 is 9.47 Å². The van der Waals surface area contributed by atoms with Gasteiger partial charge in [0.1, 0.15) is 12.2 Å². The van der Waals surface area contributed by atoms with Crippen molar-refractivity contribution in [2.75, 3.05) is 13.2 Å². The fourth-order valence-electron chi connectivity index (χ4n) is 1.98. The molecule has 1 saturated heterocycles. The first-order valence-electron chi connectivity index (χ1n) is 4.27. The SMILES string of the molecule is c1ccc2c(c1)C1COCC2O1. The van der Waals surface area contributed by atoms with Crippen LogP contribution in [-0.2, 0) is 9.47 Å². The number of hydrogen-bond donors (Lipinski definition) is 0. The summed E-state index contributed by atoms with van der Waals surface area (Å²) in [5, 5.41) is 0. The van der Waals surface area contributed by atoms with Crippen molar-refractivity contribution in [1.82, 2.24) is 0 Å². The molecule has 1 aromatic rings. The Kier molecular flexibility index (Phi) is 1.28. The molecule has 0 spiro atoms. The van der Waals surface area contributed by atoms with E-state index in [1.54, 1.807) is 0 Å². The van der Waals surface area contributed by atoms with Crippen LogP contribution in [0, 0.1) is 0 Å². The average molecular weight is 162 g/mol. The summed E-state index contributed by atoms with van der Waals surface area (Å²) in [6, 6.07) is 8.38. The molecule has 0 aromatic heterocycles. The van der Waals surface area contributed by atoms with E-state index >= 15 is 0 Å². The monoisotopic (exact) mass is 162 g/mol. The van der Waals surface area contributed by atoms with Crippen molar-refractivity contribution < 1.29 is 9.47 Å². The molecule has 2 atom stereocenters. The lowest BCUT2D eigenvalue weighted by Crippen LogP contribution is -2.17. The molecule has 2 aliphatic rings. The number of ether oxygens (including phenoxy) is 2. The van der Waals surface area contributed by atoms with Crippen molar-refractivity contribution >= 4 is 0 Å². The molecule has 2 aliphatic heterocycles. The highest BCUT2D eigenvalue weighted by atomic mass is 16.6. The lowest BCUT2D eigenvalue weighted by molar-refractivity contribution is -0.123. The smallest absolute Gasteiger partial charge is 0.107 e. The fraction of sp³-hybridized carbons (Fsp3) is 0.400. The molecule has 2 nitrogen and oxygen atoms in total. The van der Waals surface area contributed by atoms with Crippen molar-refractivity contribution in [3.63, 3.8) is 0 Å². The Labute approximate surface area is 71.1 Å². The normalized spacial score (nSPS) is 31.7. The molecule has 2 bridgehead atoms. The van der Waals surface area contributed by atoms with Gasteiger partial charge in [-0.25, -0.2) is 0 Å². The minimum absolute atomic E-state index is 0.194. The van der Waals surface area contributed by atoms with Crippen LogP contribution in [0.5, 0.6) is 0 Å². The molecular weight excluding hydrogens is 152 g/mol. The van der Waals surface area contributed by atoms with Gasteiger partial charge in [-0.05, 0) is 11.1 Å². The highest BCUT2D eigenvalue weighted by molar-refractivity contribution is 5.35. The van der Waals surface area contributed by atoms with Gasteiger partial charge in [0, 0.05) is 0 Å². The maximum absolute atomic E-state index is 5.74. The van der Waals surface area contributed by atoms with E-state index in [9.17, 15) is 0 Å². The summed E-state index contributed by atoms with van der Waals surface area (Å²) in [5.74, 6) is 0. The van der Waals surface area contributed by atoms with Crippen LogP contribution in [0.25, 0.3) is 0 Å². The first-order chi connectivity index (χ1) is 5.95. The third-order valence-corrected chi connectivity index (χ3v) is 2.56. The van der Waals surface area contributed by atoms with E-state index < -0.39 is 0 Å². The van der Waals surface area contributed by atoms with Gasteiger partial charge in [-0.1, -0.05) is 24.3 Å². The molecular formula is C10H10O2. The molecule has 1 aromatic carbocycles. The van der Waals surface area contributed by atoms with Gasteiger partial charge in [-0.3, -0.25) is 0 Å². The van der Waals surface area contributed by atoms with Crippen molar-refractivity contribution in [3.8, 4) is 0 Å². The van der Waals surface area contributed by atoms with Crippen LogP contribution in [0.1, 0.15) is 23.3 Å². The molecule has 0 amide bonds. The van der Waals surface area contributed by atoms with E-state index in [0.29, 0.717) is 13.2 Å². The van der Waals surface area contributed by atoms with E-state index in [4.69, 9.17) is 9.47 Å². The standard InChI is InChI=1S/C10H10O2/c1-2-4-8-7(3-1)9-5-11-6-10(8)12-9/h1-4,9-10H,5-6H2. The van der Waals surface area contributed by atoms with Crippen LogP contribution in [0.4, 0.5) is 0 Å². The fourth-order valence-corrected chi connectivity index (χ4v) is 1.98. The third-order valence-electron chi connectivity index (χ3n) is 2.56. The maximum Gasteiger partial charge on any atom is 0.107 e. The van der Waals surface area contributed by atoms with E-state index in [1.165, 1.54) is 11.1 Å². The molecule has 2 heteroatoms. The summed E-state index contributed by atoms with van der Waals surface area (Å²) < 4.78 is 11.2. The molecule has 0 saturated carbocycles. The van der Waals surface area contributed by atoms with Crippen LogP contribution in [0.2, 0.25) is 0 Å². The summed E-state index contributed by atoms with van der Waals surface area (Å²) in [4.78, 5) is 0. The summed E-state index contributed by atoms with van der Waals surface area (Å²) >= 11 is 0. The average Bonchev–Trinajstić information content (AvgIpc) is 2.41. The molecule has 1 fully saturated rings. The summed E-state index contributed by atoms with van der Waals surface area (Å²) in [7, 11) is 0. The van der Waals surface area contributed by atoms with Gasteiger partial charge in [0.2, 0.25) is 0 Å². The molecule has 12 heavy (non-hydrogen) atoms. The van der Waals surface area contributed by atoms with Crippen LogP contribution in [0.3, 0.4) is 0 Å². The molecule has 2 unspecified atom stereocenters. The zero-order valence-electron chi connectivity index (χ0n) is 6.69. The van der Waals surface area contributed by atoms with Crippen molar-refractivity contribution in [1.29, 1.82) is 0 Å².